The number of ether oxygens (including phenoxy) is 4. The molecular weight excluding hydrogens is 1260 g/mol. The van der Waals surface area contributed by atoms with E-state index in [-0.39, 0.29) is 25.7 Å². The smallest absolute Gasteiger partial charge is 0.462 e. The molecule has 0 heterocycles. The van der Waals surface area contributed by atoms with Crippen LogP contribution in [-0.2, 0) is 65.4 Å². The Hall–Kier alpha value is -1.94. The SMILES string of the molecule is CCC(C)CCCCCCCCCCC(=O)O[C@H](COC(=O)CCCCCCCCCCC(C)C)COP(=O)(O)OCC(O)COP(=O)(O)OC[C@@H](COC(=O)CCCCCCCCCCCCCCCCCCCCC(C)C)OC(=O)CCCCCCCCCCCC(C)C. The van der Waals surface area contributed by atoms with Gasteiger partial charge in [0.15, 0.2) is 12.2 Å². The minimum atomic E-state index is -4.96. The molecule has 0 bridgehead atoms. The second-order valence-corrected chi connectivity index (χ2v) is 32.3. The third-order valence-electron chi connectivity index (χ3n) is 18.2. The maximum Gasteiger partial charge on any atom is 0.472 e. The quantitative estimate of drug-likeness (QED) is 0.0222. The topological polar surface area (TPSA) is 237 Å². The molecule has 3 N–H and O–H groups in total. The second-order valence-electron chi connectivity index (χ2n) is 29.4. The number of hydrogen-bond donors (Lipinski definition) is 3. The van der Waals surface area contributed by atoms with Crippen molar-refractivity contribution in [3.05, 3.63) is 0 Å². The van der Waals surface area contributed by atoms with E-state index in [4.69, 9.17) is 37.0 Å². The molecule has 96 heavy (non-hydrogen) atoms. The zero-order valence-electron chi connectivity index (χ0n) is 63.0. The summed E-state index contributed by atoms with van der Waals surface area (Å²) in [6.45, 7) is 14.2. The fourth-order valence-corrected chi connectivity index (χ4v) is 13.3. The van der Waals surface area contributed by atoms with Crippen LogP contribution < -0.4 is 0 Å². The number of carbonyl (C=O) groups excluding carboxylic acids is 4. The standard InChI is InChI=1S/C77H150O17P2/c1-9-70(8)56-48-40-32-26-28-36-44-52-60-77(82)94-73(64-88-75(80)58-50-42-34-27-25-31-39-47-55-69(6)7)66-92-96(85,86)90-62-71(78)61-89-95(83,84)91-65-72(93-76(81)59-51-43-35-24-20-22-30-38-46-54-68(4)5)63-87-74(79)57-49-41-33-23-19-17-15-13-11-10-12-14-16-18-21-29-37-45-53-67(2)3/h67-73,78H,9-66H2,1-8H3,(H,83,84)(H,85,86)/t70?,71?,72-,73-/m1/s1. The number of phosphoric acid groups is 2. The predicted octanol–water partition coefficient (Wildman–Crippen LogP) is 22.4. The van der Waals surface area contributed by atoms with Crippen molar-refractivity contribution in [3.63, 3.8) is 0 Å². The van der Waals surface area contributed by atoms with Crippen molar-refractivity contribution >= 4 is 39.5 Å². The zero-order valence-corrected chi connectivity index (χ0v) is 64.8. The largest absolute Gasteiger partial charge is 0.472 e. The van der Waals surface area contributed by atoms with Gasteiger partial charge in [0.25, 0.3) is 0 Å². The lowest BCUT2D eigenvalue weighted by atomic mass is 9.99. The lowest BCUT2D eigenvalue weighted by Crippen LogP contribution is -2.30. The van der Waals surface area contributed by atoms with Crippen LogP contribution in [0.2, 0.25) is 0 Å². The number of aliphatic hydroxyl groups excluding tert-OH is 1. The van der Waals surface area contributed by atoms with Crippen molar-refractivity contribution in [3.8, 4) is 0 Å². The lowest BCUT2D eigenvalue weighted by molar-refractivity contribution is -0.161. The van der Waals surface area contributed by atoms with Gasteiger partial charge in [0.2, 0.25) is 0 Å². The van der Waals surface area contributed by atoms with E-state index < -0.39 is 97.5 Å². The molecule has 0 fully saturated rings. The maximum atomic E-state index is 13.1. The number of aliphatic hydroxyl groups is 1. The maximum absolute atomic E-state index is 13.1. The molecule has 0 saturated heterocycles. The Balaban J connectivity index is 5.18. The number of hydrogen-bond acceptors (Lipinski definition) is 15. The fraction of sp³-hybridized carbons (Fsp3) is 0.948. The summed E-state index contributed by atoms with van der Waals surface area (Å²) in [5, 5.41) is 10.6. The molecule has 570 valence electrons. The van der Waals surface area contributed by atoms with E-state index in [2.05, 4.69) is 55.4 Å². The van der Waals surface area contributed by atoms with Crippen molar-refractivity contribution in [2.75, 3.05) is 39.6 Å². The molecule has 4 unspecified atom stereocenters. The molecule has 0 aromatic carbocycles. The molecule has 6 atom stereocenters. The van der Waals surface area contributed by atoms with Gasteiger partial charge in [-0.1, -0.05) is 338 Å². The molecule has 0 spiro atoms. The minimum Gasteiger partial charge on any atom is -0.462 e. The highest BCUT2D eigenvalue weighted by atomic mass is 31.2. The summed E-state index contributed by atoms with van der Waals surface area (Å²) < 4.78 is 68.5. The summed E-state index contributed by atoms with van der Waals surface area (Å²) >= 11 is 0. The first-order chi connectivity index (χ1) is 46.1. The predicted molar refractivity (Wildman–Crippen MR) is 391 cm³/mol. The summed E-state index contributed by atoms with van der Waals surface area (Å²) in [6.07, 6.45) is 51.5. The van der Waals surface area contributed by atoms with E-state index >= 15 is 0 Å². The van der Waals surface area contributed by atoms with Gasteiger partial charge in [-0.25, -0.2) is 9.13 Å². The van der Waals surface area contributed by atoms with Gasteiger partial charge in [-0.05, 0) is 49.4 Å². The van der Waals surface area contributed by atoms with Crippen LogP contribution in [-0.4, -0.2) is 96.7 Å². The Morgan fingerprint density at radius 1 is 0.292 bits per heavy atom. The highest BCUT2D eigenvalue weighted by Gasteiger charge is 2.30. The number of rotatable bonds is 74. The first kappa shape index (κ1) is 94.1. The number of phosphoric ester groups is 2. The van der Waals surface area contributed by atoms with Gasteiger partial charge >= 0.3 is 39.5 Å². The molecule has 0 radical (unpaired) electrons. The van der Waals surface area contributed by atoms with E-state index in [0.717, 1.165) is 114 Å². The highest BCUT2D eigenvalue weighted by molar-refractivity contribution is 7.47. The van der Waals surface area contributed by atoms with E-state index in [1.807, 2.05) is 0 Å². The van der Waals surface area contributed by atoms with Gasteiger partial charge in [0.1, 0.15) is 19.3 Å². The average Bonchev–Trinajstić information content (AvgIpc) is 1.63. The molecule has 17 nitrogen and oxygen atoms in total. The molecular formula is C77H150O17P2. The van der Waals surface area contributed by atoms with E-state index in [0.29, 0.717) is 25.7 Å². The van der Waals surface area contributed by atoms with Crippen LogP contribution in [0.1, 0.15) is 389 Å². The van der Waals surface area contributed by atoms with Crippen molar-refractivity contribution in [2.45, 2.75) is 408 Å². The first-order valence-electron chi connectivity index (χ1n) is 39.7. The van der Waals surface area contributed by atoms with Crippen LogP contribution in [0, 0.1) is 23.7 Å². The molecule has 0 saturated carbocycles. The Morgan fingerprint density at radius 2 is 0.500 bits per heavy atom. The Morgan fingerprint density at radius 3 is 0.740 bits per heavy atom. The van der Waals surface area contributed by atoms with Crippen LogP contribution >= 0.6 is 15.6 Å². The second kappa shape index (κ2) is 66.3. The van der Waals surface area contributed by atoms with E-state index in [1.54, 1.807) is 0 Å². The van der Waals surface area contributed by atoms with Crippen LogP contribution in [0.5, 0.6) is 0 Å². The van der Waals surface area contributed by atoms with Gasteiger partial charge in [-0.2, -0.15) is 0 Å². The van der Waals surface area contributed by atoms with Crippen molar-refractivity contribution in [2.24, 2.45) is 23.7 Å². The summed E-state index contributed by atoms with van der Waals surface area (Å²) in [5.74, 6) is 0.932. The average molecular weight is 1410 g/mol. The Kier molecular flexibility index (Phi) is 65.0. The van der Waals surface area contributed by atoms with Crippen LogP contribution in [0.25, 0.3) is 0 Å². The zero-order chi connectivity index (χ0) is 71.0. The van der Waals surface area contributed by atoms with Crippen molar-refractivity contribution in [1.82, 2.24) is 0 Å². The monoisotopic (exact) mass is 1410 g/mol. The Bertz CT molecular complexity index is 1890. The van der Waals surface area contributed by atoms with Crippen LogP contribution in [0.4, 0.5) is 0 Å². The van der Waals surface area contributed by atoms with Gasteiger partial charge in [0, 0.05) is 25.7 Å². The summed E-state index contributed by atoms with van der Waals surface area (Å²) in [6, 6.07) is 0. The van der Waals surface area contributed by atoms with Gasteiger partial charge in [0.05, 0.1) is 26.4 Å². The summed E-state index contributed by atoms with van der Waals surface area (Å²) in [5.41, 5.74) is 0. The highest BCUT2D eigenvalue weighted by Crippen LogP contribution is 2.45. The number of carbonyl (C=O) groups is 4. The molecule has 0 aliphatic heterocycles. The van der Waals surface area contributed by atoms with Crippen LogP contribution in [0.3, 0.4) is 0 Å². The molecule has 0 aliphatic carbocycles. The minimum absolute atomic E-state index is 0.104. The Labute approximate surface area is 588 Å². The lowest BCUT2D eigenvalue weighted by Gasteiger charge is -2.21. The van der Waals surface area contributed by atoms with Crippen molar-refractivity contribution < 1.29 is 80.2 Å². The van der Waals surface area contributed by atoms with Gasteiger partial charge in [-0.15, -0.1) is 0 Å². The normalized spacial score (nSPS) is 14.4. The summed E-state index contributed by atoms with van der Waals surface area (Å²) in [7, 11) is -9.91. The molecule has 0 aromatic rings. The third-order valence-corrected chi connectivity index (χ3v) is 20.1. The van der Waals surface area contributed by atoms with Crippen molar-refractivity contribution in [1.29, 1.82) is 0 Å². The summed E-state index contributed by atoms with van der Waals surface area (Å²) in [4.78, 5) is 72.8. The number of esters is 4. The van der Waals surface area contributed by atoms with Crippen LogP contribution in [0.15, 0.2) is 0 Å². The molecule has 19 heteroatoms. The third kappa shape index (κ3) is 69.2. The molecule has 0 aliphatic rings. The first-order valence-corrected chi connectivity index (χ1v) is 42.7. The molecule has 0 amide bonds. The van der Waals surface area contributed by atoms with Gasteiger partial charge < -0.3 is 33.8 Å². The number of unbranched alkanes of at least 4 members (excludes halogenated alkanes) is 39. The van der Waals surface area contributed by atoms with Gasteiger partial charge in [-0.3, -0.25) is 37.3 Å². The van der Waals surface area contributed by atoms with E-state index in [9.17, 15) is 43.2 Å². The molecule has 0 rings (SSSR count). The van der Waals surface area contributed by atoms with E-state index in [1.165, 1.54) is 193 Å². The fourth-order valence-electron chi connectivity index (χ4n) is 11.7. The molecule has 0 aromatic heterocycles.